The highest BCUT2D eigenvalue weighted by Crippen LogP contribution is 2.17. The van der Waals surface area contributed by atoms with Gasteiger partial charge in [-0.05, 0) is 0 Å². The maximum atomic E-state index is 12.6. The summed E-state index contributed by atoms with van der Waals surface area (Å²) in [6.45, 7) is 0. The summed E-state index contributed by atoms with van der Waals surface area (Å²) in [6.07, 6.45) is 0. The number of hydrogen-bond donors (Lipinski definition) is 0. The summed E-state index contributed by atoms with van der Waals surface area (Å²) in [4.78, 5) is 31.7. The van der Waals surface area contributed by atoms with E-state index in [1.165, 1.54) is 0 Å². The van der Waals surface area contributed by atoms with Crippen LogP contribution in [0.4, 0.5) is 13.4 Å². The van der Waals surface area contributed by atoms with Crippen molar-refractivity contribution in [2.24, 2.45) is 0 Å². The second-order valence-corrected chi connectivity index (χ2v) is 1.61. The molecule has 0 saturated heterocycles. The molecule has 0 aliphatic rings. The normalized spacial score (nSPS) is 10.4. The Balaban J connectivity index is 5.06. The lowest BCUT2D eigenvalue weighted by Gasteiger charge is -2.06. The van der Waals surface area contributed by atoms with Crippen molar-refractivity contribution < 1.29 is 37.8 Å². The van der Waals surface area contributed by atoms with Crippen molar-refractivity contribution in [1.29, 1.82) is 0 Å². The number of nitro groups is 1. The summed E-state index contributed by atoms with van der Waals surface area (Å²) in [5.41, 5.74) is 0. The van der Waals surface area contributed by atoms with E-state index in [0.717, 1.165) is 0 Å². The molecule has 0 aromatic heterocycles. The van der Waals surface area contributed by atoms with E-state index in [0.29, 0.717) is 0 Å². The van der Waals surface area contributed by atoms with Crippen LogP contribution >= 0.6 is 0 Å². The zero-order valence-corrected chi connectivity index (χ0v) is 5.53. The molecule has 0 radical (unpaired) electrons. The molecule has 0 aliphatic heterocycles. The Morgan fingerprint density at radius 3 is 1.69 bits per heavy atom. The highest BCUT2D eigenvalue weighted by atomic mass is 19.3. The van der Waals surface area contributed by atoms with Gasteiger partial charge in [-0.2, -0.15) is 0 Å². The van der Waals surface area contributed by atoms with Crippen LogP contribution in [0.25, 0.3) is 0 Å². The minimum absolute atomic E-state index is 2.08. The zero-order valence-electron chi connectivity index (χ0n) is 5.53. The summed E-state index contributed by atoms with van der Waals surface area (Å²) in [7, 11) is 0. The molecule has 0 aromatic rings. The van der Waals surface area contributed by atoms with Gasteiger partial charge in [-0.15, -0.1) is 4.39 Å². The Morgan fingerprint density at radius 1 is 1.23 bits per heavy atom. The summed E-state index contributed by atoms with van der Waals surface area (Å²) in [5.74, 6) is -10.4. The van der Waals surface area contributed by atoms with Crippen LogP contribution in [0, 0.1) is 10.1 Å². The minimum Gasteiger partial charge on any atom is -0.260 e. The van der Waals surface area contributed by atoms with Gasteiger partial charge in [0.2, 0.25) is 0 Å². The van der Waals surface area contributed by atoms with E-state index >= 15 is 0 Å². The Hall–Kier alpha value is -1.87. The summed E-state index contributed by atoms with van der Waals surface area (Å²) >= 11 is 0. The van der Waals surface area contributed by atoms with E-state index in [-0.39, 0.29) is 0 Å². The molecule has 7 nitrogen and oxygen atoms in total. The maximum absolute atomic E-state index is 12.6. The molecule has 0 bridgehead atoms. The van der Waals surface area contributed by atoms with Crippen molar-refractivity contribution in [2.45, 2.75) is 5.79 Å². The first-order valence-corrected chi connectivity index (χ1v) is 2.40. The number of alkyl halides is 1. The van der Waals surface area contributed by atoms with E-state index in [4.69, 9.17) is 0 Å². The van der Waals surface area contributed by atoms with Crippen LogP contribution < -0.4 is 0 Å². The average Bonchev–Trinajstić information content (AvgIpc) is 2.13. The van der Waals surface area contributed by atoms with Crippen molar-refractivity contribution in [3.8, 4) is 0 Å². The van der Waals surface area contributed by atoms with Gasteiger partial charge in [0.1, 0.15) is 0 Å². The molecule has 13 heavy (non-hydrogen) atoms. The van der Waals surface area contributed by atoms with E-state index in [1.54, 1.807) is 0 Å². The fourth-order valence-electron chi connectivity index (χ4n) is 0.335. The van der Waals surface area contributed by atoms with Gasteiger partial charge in [-0.3, -0.25) is 10.1 Å². The molecule has 0 saturated carbocycles. The van der Waals surface area contributed by atoms with E-state index in [9.17, 15) is 33.1 Å². The van der Waals surface area contributed by atoms with E-state index < -0.39 is 22.7 Å². The van der Waals surface area contributed by atoms with Gasteiger partial charge in [-0.1, -0.05) is 0 Å². The molecule has 0 aliphatic carbocycles. The van der Waals surface area contributed by atoms with Crippen LogP contribution in [-0.4, -0.2) is 22.7 Å². The summed E-state index contributed by atoms with van der Waals surface area (Å²) in [6, 6.07) is 0. The van der Waals surface area contributed by atoms with Crippen LogP contribution in [0.15, 0.2) is 0 Å². The van der Waals surface area contributed by atoms with Crippen molar-refractivity contribution in [2.75, 3.05) is 0 Å². The molecule has 74 valence electrons. The molecule has 0 N–H and O–H groups in total. The second-order valence-electron chi connectivity index (χ2n) is 1.61. The first-order valence-electron chi connectivity index (χ1n) is 2.40. The number of carbonyl (C=O) groups is 2. The van der Waals surface area contributed by atoms with Crippen LogP contribution in [0.1, 0.15) is 0 Å². The van der Waals surface area contributed by atoms with Crippen LogP contribution in [-0.2, 0) is 19.5 Å². The van der Waals surface area contributed by atoms with Crippen molar-refractivity contribution >= 4 is 11.9 Å². The molecule has 0 atom stereocenters. The highest BCUT2D eigenvalue weighted by Gasteiger charge is 2.65. The molecule has 0 heterocycles. The van der Waals surface area contributed by atoms with Crippen molar-refractivity contribution in [1.82, 2.24) is 0 Å². The quantitative estimate of drug-likeness (QED) is 0.272. The zero-order chi connectivity index (χ0) is 10.6. The van der Waals surface area contributed by atoms with Crippen molar-refractivity contribution in [3.63, 3.8) is 0 Å². The number of rotatable bonds is 3. The van der Waals surface area contributed by atoms with Gasteiger partial charge in [0.05, 0.1) is 4.92 Å². The number of halogens is 3. The molecule has 0 fully saturated rings. The summed E-state index contributed by atoms with van der Waals surface area (Å²) < 4.78 is 34.6. The smallest absolute Gasteiger partial charge is 0.260 e. The van der Waals surface area contributed by atoms with Gasteiger partial charge in [0.15, 0.2) is 0 Å². The molecule has 10 heteroatoms. The molecular formula is C3F3NO6. The van der Waals surface area contributed by atoms with E-state index in [1.807, 2.05) is 0 Å². The molecule has 0 spiro atoms. The van der Waals surface area contributed by atoms with Crippen LogP contribution in [0.3, 0.4) is 0 Å². The Kier molecular flexibility index (Phi) is 3.16. The first kappa shape index (κ1) is 11.1. The van der Waals surface area contributed by atoms with E-state index in [2.05, 4.69) is 9.88 Å². The number of nitrogens with zero attached hydrogens (tertiary/aromatic N) is 1. The lowest BCUT2D eigenvalue weighted by Crippen LogP contribution is -2.50. The van der Waals surface area contributed by atoms with Gasteiger partial charge in [0.25, 0.3) is 0 Å². The first-order chi connectivity index (χ1) is 5.91. The lowest BCUT2D eigenvalue weighted by atomic mass is 10.3. The van der Waals surface area contributed by atoms with Gasteiger partial charge in [-0.25, -0.2) is 19.5 Å². The Labute approximate surface area is 67.0 Å². The third-order valence-electron chi connectivity index (χ3n) is 0.933. The molecule has 0 unspecified atom stereocenters. The topological polar surface area (TPSA) is 95.7 Å². The molecule has 0 aromatic carbocycles. The fourth-order valence-corrected chi connectivity index (χ4v) is 0.335. The van der Waals surface area contributed by atoms with Crippen LogP contribution in [0.5, 0.6) is 0 Å². The third-order valence-corrected chi connectivity index (χ3v) is 0.933. The fraction of sp³-hybridized carbons (Fsp3) is 0.333. The lowest BCUT2D eigenvalue weighted by molar-refractivity contribution is -0.577. The largest absolute Gasteiger partial charge is 0.558 e. The van der Waals surface area contributed by atoms with Crippen molar-refractivity contribution in [3.05, 3.63) is 10.1 Å². The molecule has 0 rings (SSSR count). The SMILES string of the molecule is O=C(OF)C(F)(C(=O)OF)[N+](=O)[O-]. The van der Waals surface area contributed by atoms with Gasteiger partial charge >= 0.3 is 17.7 Å². The summed E-state index contributed by atoms with van der Waals surface area (Å²) in [5, 5.41) is 9.72. The van der Waals surface area contributed by atoms with Gasteiger partial charge < -0.3 is 0 Å². The number of hydrogen-bond acceptors (Lipinski definition) is 6. The maximum Gasteiger partial charge on any atom is 0.558 e. The molecule has 0 amide bonds. The number of carbonyl (C=O) groups excluding carboxylic acids is 2. The molecular weight excluding hydrogens is 203 g/mol. The standard InChI is InChI=1S/C3F3NO6/c4-3(7(10)11,1(8)12-5)2(9)13-6. The predicted octanol–water partition coefficient (Wildman–Crippen LogP) is -0.216. The van der Waals surface area contributed by atoms with Gasteiger partial charge in [0, 0.05) is 9.05 Å². The Morgan fingerprint density at radius 2 is 1.54 bits per heavy atom. The minimum atomic E-state index is -4.73. The highest BCUT2D eigenvalue weighted by molar-refractivity contribution is 6.00. The average molecular weight is 203 g/mol. The third kappa shape index (κ3) is 1.65. The van der Waals surface area contributed by atoms with Crippen LogP contribution in [0.2, 0.25) is 0 Å². The Bertz CT molecular complexity index is 238. The monoisotopic (exact) mass is 203 g/mol. The second kappa shape index (κ2) is 3.69. The predicted molar refractivity (Wildman–Crippen MR) is 25.2 cm³/mol.